The van der Waals surface area contributed by atoms with Gasteiger partial charge in [-0.2, -0.15) is 0 Å². The van der Waals surface area contributed by atoms with Crippen molar-refractivity contribution in [1.29, 1.82) is 0 Å². The van der Waals surface area contributed by atoms with E-state index < -0.39 is 17.6 Å². The van der Waals surface area contributed by atoms with E-state index in [9.17, 15) is 14.4 Å². The molecule has 1 atom stereocenters. The Morgan fingerprint density at radius 2 is 1.93 bits per heavy atom. The lowest BCUT2D eigenvalue weighted by atomic mass is 9.93. The smallest absolute Gasteiger partial charge is 0.325 e. The van der Waals surface area contributed by atoms with E-state index in [1.807, 2.05) is 6.92 Å². The van der Waals surface area contributed by atoms with Gasteiger partial charge in [-0.15, -0.1) is 11.3 Å². The van der Waals surface area contributed by atoms with Crippen molar-refractivity contribution >= 4 is 34.0 Å². The first-order valence-corrected chi connectivity index (χ1v) is 10.9. The molecule has 29 heavy (non-hydrogen) atoms. The van der Waals surface area contributed by atoms with E-state index in [-0.39, 0.29) is 11.8 Å². The number of urea groups is 1. The molecule has 2 fully saturated rings. The van der Waals surface area contributed by atoms with Gasteiger partial charge in [-0.25, -0.2) is 14.7 Å². The first-order valence-electron chi connectivity index (χ1n) is 9.99. The molecule has 2 aromatic rings. The Hall–Kier alpha value is -2.42. The van der Waals surface area contributed by atoms with Gasteiger partial charge in [-0.3, -0.25) is 14.0 Å². The number of fused-ring (bicyclic) bond motifs is 1. The number of likely N-dealkylation sites (tertiary alicyclic amines) is 1. The largest absolute Gasteiger partial charge is 0.341 e. The molecule has 0 bridgehead atoms. The van der Waals surface area contributed by atoms with Crippen LogP contribution in [0.15, 0.2) is 5.38 Å². The molecule has 4 rings (SSSR count). The number of piperidine rings is 1. The van der Waals surface area contributed by atoms with Crippen molar-refractivity contribution in [1.82, 2.24) is 24.5 Å². The lowest BCUT2D eigenvalue weighted by Crippen LogP contribution is -2.52. The van der Waals surface area contributed by atoms with Crippen LogP contribution < -0.4 is 5.32 Å². The average Bonchev–Trinajstić information content (AvgIpc) is 3.27. The zero-order chi connectivity index (χ0) is 21.1. The van der Waals surface area contributed by atoms with Crippen LogP contribution in [0.5, 0.6) is 0 Å². The predicted octanol–water partition coefficient (Wildman–Crippen LogP) is 2.44. The predicted molar refractivity (Wildman–Crippen MR) is 110 cm³/mol. The Bertz CT molecular complexity index is 999. The van der Waals surface area contributed by atoms with E-state index in [4.69, 9.17) is 4.98 Å². The molecule has 4 amide bonds. The molecule has 0 aromatic carbocycles. The van der Waals surface area contributed by atoms with Gasteiger partial charge in [0.2, 0.25) is 5.91 Å². The Balaban J connectivity index is 1.45. The molecule has 0 saturated carbocycles. The van der Waals surface area contributed by atoms with Crippen LogP contribution in [0.1, 0.15) is 56.7 Å². The highest BCUT2D eigenvalue weighted by molar-refractivity contribution is 7.15. The number of nitrogens with one attached hydrogen (secondary N) is 1. The molecule has 2 aliphatic rings. The zero-order valence-electron chi connectivity index (χ0n) is 17.5. The monoisotopic (exact) mass is 417 g/mol. The molecule has 2 aromatic heterocycles. The number of carbonyl (C=O) groups is 3. The van der Waals surface area contributed by atoms with Crippen LogP contribution in [0.3, 0.4) is 0 Å². The average molecular weight is 418 g/mol. The quantitative estimate of drug-likeness (QED) is 0.777. The summed E-state index contributed by atoms with van der Waals surface area (Å²) in [5.74, 6) is 0.777. The molecule has 8 nitrogen and oxygen atoms in total. The summed E-state index contributed by atoms with van der Waals surface area (Å²) in [5.41, 5.74) is 1.35. The molecule has 9 heteroatoms. The molecule has 0 radical (unpaired) electrons. The molecule has 156 valence electrons. The van der Waals surface area contributed by atoms with Gasteiger partial charge >= 0.3 is 6.03 Å². The van der Waals surface area contributed by atoms with Crippen molar-refractivity contribution in [2.45, 2.75) is 65.0 Å². The molecule has 0 spiro atoms. The second kappa shape index (κ2) is 6.83. The Kier molecular flexibility index (Phi) is 4.68. The Labute approximate surface area is 173 Å². The normalized spacial score (nSPS) is 21.1. The van der Waals surface area contributed by atoms with Gasteiger partial charge in [0.25, 0.3) is 5.91 Å². The first-order chi connectivity index (χ1) is 13.6. The molecule has 2 aliphatic heterocycles. The summed E-state index contributed by atoms with van der Waals surface area (Å²) in [6.45, 7) is 10.2. The van der Waals surface area contributed by atoms with Crippen LogP contribution in [0.2, 0.25) is 0 Å². The van der Waals surface area contributed by atoms with Gasteiger partial charge in [0.1, 0.15) is 22.2 Å². The molecule has 1 unspecified atom stereocenters. The summed E-state index contributed by atoms with van der Waals surface area (Å²) in [7, 11) is 0. The van der Waals surface area contributed by atoms with Crippen molar-refractivity contribution < 1.29 is 14.4 Å². The highest BCUT2D eigenvalue weighted by Gasteiger charge is 2.48. The minimum atomic E-state index is -0.970. The Morgan fingerprint density at radius 3 is 2.52 bits per heavy atom. The molecular formula is C20H27N5O3S. The highest BCUT2D eigenvalue weighted by atomic mass is 32.1. The zero-order valence-corrected chi connectivity index (χ0v) is 18.3. The van der Waals surface area contributed by atoms with E-state index in [0.717, 1.165) is 29.3 Å². The molecule has 0 aliphatic carbocycles. The number of nitrogens with zero attached hydrogens (tertiary/aromatic N) is 4. The maximum absolute atomic E-state index is 13.0. The van der Waals surface area contributed by atoms with Gasteiger partial charge in [0.15, 0.2) is 0 Å². The number of hydrogen-bond acceptors (Lipinski definition) is 5. The fourth-order valence-corrected chi connectivity index (χ4v) is 5.50. The molecular weight excluding hydrogens is 390 g/mol. The SMILES string of the molecule is Cc1csc2c(C3CCN(C(=O)C(C)N4C(=O)NC(C)(C)C4=O)CC3)nc(C)n12. The van der Waals surface area contributed by atoms with E-state index >= 15 is 0 Å². The van der Waals surface area contributed by atoms with Crippen molar-refractivity contribution in [3.05, 3.63) is 22.6 Å². The number of carbonyl (C=O) groups excluding carboxylic acids is 3. The highest BCUT2D eigenvalue weighted by Crippen LogP contribution is 2.34. The number of rotatable bonds is 3. The van der Waals surface area contributed by atoms with Crippen LogP contribution in [-0.4, -0.2) is 61.7 Å². The second-order valence-electron chi connectivity index (χ2n) is 8.57. The minimum Gasteiger partial charge on any atom is -0.341 e. The van der Waals surface area contributed by atoms with Crippen molar-refractivity contribution in [2.24, 2.45) is 0 Å². The Morgan fingerprint density at radius 1 is 1.28 bits per heavy atom. The van der Waals surface area contributed by atoms with Crippen LogP contribution in [0, 0.1) is 13.8 Å². The van der Waals surface area contributed by atoms with E-state index in [2.05, 4.69) is 22.0 Å². The van der Waals surface area contributed by atoms with E-state index in [0.29, 0.717) is 19.0 Å². The van der Waals surface area contributed by atoms with E-state index in [1.54, 1.807) is 37.0 Å². The maximum Gasteiger partial charge on any atom is 0.325 e. The fraction of sp³-hybridized carbons (Fsp3) is 0.600. The maximum atomic E-state index is 13.0. The number of aryl methyl sites for hydroxylation is 2. The molecule has 2 saturated heterocycles. The van der Waals surface area contributed by atoms with Gasteiger partial charge in [0, 0.05) is 30.1 Å². The summed E-state index contributed by atoms with van der Waals surface area (Å²) >= 11 is 1.72. The number of hydrogen-bond donors (Lipinski definition) is 1. The fourth-order valence-electron chi connectivity index (χ4n) is 4.40. The van der Waals surface area contributed by atoms with Crippen molar-refractivity contribution in [2.75, 3.05) is 13.1 Å². The number of imidazole rings is 1. The number of aromatic nitrogens is 2. The van der Waals surface area contributed by atoms with Crippen LogP contribution >= 0.6 is 11.3 Å². The van der Waals surface area contributed by atoms with Gasteiger partial charge < -0.3 is 10.2 Å². The summed E-state index contributed by atoms with van der Waals surface area (Å²) in [4.78, 5) is 46.5. The third-order valence-electron chi connectivity index (χ3n) is 6.05. The van der Waals surface area contributed by atoms with Gasteiger partial charge in [-0.05, 0) is 47.5 Å². The van der Waals surface area contributed by atoms with Gasteiger partial charge in [-0.1, -0.05) is 0 Å². The topological polar surface area (TPSA) is 87.0 Å². The summed E-state index contributed by atoms with van der Waals surface area (Å²) in [6.07, 6.45) is 1.65. The summed E-state index contributed by atoms with van der Waals surface area (Å²) in [6, 6.07) is -1.30. The standard InChI is InChI=1S/C20H27N5O3S/c1-11-10-29-17-15(21-13(3)24(11)17)14-6-8-23(9-7-14)16(26)12(2)25-18(27)20(4,5)22-19(25)28/h10,12,14H,6-9H2,1-5H3,(H,22,28). The van der Waals surface area contributed by atoms with Crippen LogP contribution in [0.25, 0.3) is 4.83 Å². The third-order valence-corrected chi connectivity index (χ3v) is 7.13. The summed E-state index contributed by atoms with van der Waals surface area (Å²) < 4.78 is 2.19. The van der Waals surface area contributed by atoms with Crippen molar-refractivity contribution in [3.8, 4) is 0 Å². The van der Waals surface area contributed by atoms with Gasteiger partial charge in [0.05, 0.1) is 5.69 Å². The van der Waals surface area contributed by atoms with E-state index in [1.165, 1.54) is 10.5 Å². The van der Waals surface area contributed by atoms with Crippen LogP contribution in [-0.2, 0) is 9.59 Å². The number of thiazole rings is 1. The molecule has 4 heterocycles. The second-order valence-corrected chi connectivity index (χ2v) is 9.43. The number of amides is 4. The lowest BCUT2D eigenvalue weighted by Gasteiger charge is -2.34. The minimum absolute atomic E-state index is 0.178. The van der Waals surface area contributed by atoms with Crippen molar-refractivity contribution in [3.63, 3.8) is 0 Å². The third kappa shape index (κ3) is 3.11. The van der Waals surface area contributed by atoms with Crippen LogP contribution in [0.4, 0.5) is 4.79 Å². The summed E-state index contributed by atoms with van der Waals surface area (Å²) in [5, 5.41) is 4.79. The number of imide groups is 1. The lowest BCUT2D eigenvalue weighted by molar-refractivity contribution is -0.143. The first kappa shape index (κ1) is 19.9. The molecule has 1 N–H and O–H groups in total.